The Morgan fingerprint density at radius 3 is 2.56 bits per heavy atom. The highest BCUT2D eigenvalue weighted by Gasteiger charge is 2.15. The average Bonchev–Trinajstić information content (AvgIpc) is 2.57. The van der Waals surface area contributed by atoms with Gasteiger partial charge in [-0.3, -0.25) is 5.10 Å². The van der Waals surface area contributed by atoms with Crippen LogP contribution in [0.2, 0.25) is 0 Å². The highest BCUT2D eigenvalue weighted by molar-refractivity contribution is 5.28. The van der Waals surface area contributed by atoms with Gasteiger partial charge < -0.3 is 0 Å². The van der Waals surface area contributed by atoms with Crippen LogP contribution in [0.3, 0.4) is 0 Å². The van der Waals surface area contributed by atoms with Crippen LogP contribution in [-0.2, 0) is 13.0 Å². The number of aromatic amines is 1. The Kier molecular flexibility index (Phi) is 4.38. The Hall–Kier alpha value is -1.48. The van der Waals surface area contributed by atoms with E-state index in [-0.39, 0.29) is 0 Å². The lowest BCUT2D eigenvalue weighted by Crippen LogP contribution is -2.00. The summed E-state index contributed by atoms with van der Waals surface area (Å²) < 4.78 is 0. The lowest BCUT2D eigenvalue weighted by atomic mass is 9.99. The van der Waals surface area contributed by atoms with Crippen molar-refractivity contribution >= 4 is 0 Å². The minimum Gasteiger partial charge on any atom is -0.282 e. The molecule has 1 aromatic heterocycles. The third-order valence-corrected chi connectivity index (χ3v) is 2.44. The van der Waals surface area contributed by atoms with Gasteiger partial charge in [0, 0.05) is 16.2 Å². The lowest BCUT2D eigenvalue weighted by Gasteiger charge is -2.07. The standard InChI is InChI=1S/C11H19N5/c1-7(2)5-10-9(6-13-16-12)11(8(3)4)15-14-10/h7-8H,5-6H2,1-4H3,(H,14,15). The number of nitrogens with zero attached hydrogens (tertiary/aromatic N) is 4. The summed E-state index contributed by atoms with van der Waals surface area (Å²) in [5, 5.41) is 11.0. The average molecular weight is 221 g/mol. The van der Waals surface area contributed by atoms with E-state index < -0.39 is 0 Å². The van der Waals surface area contributed by atoms with Crippen molar-refractivity contribution in [1.82, 2.24) is 10.2 Å². The van der Waals surface area contributed by atoms with Crippen molar-refractivity contribution in [3.63, 3.8) is 0 Å². The van der Waals surface area contributed by atoms with Crippen molar-refractivity contribution in [2.45, 2.75) is 46.6 Å². The number of aromatic nitrogens is 2. The Labute approximate surface area is 95.9 Å². The van der Waals surface area contributed by atoms with Gasteiger partial charge in [0.05, 0.1) is 12.2 Å². The molecule has 0 aliphatic heterocycles. The summed E-state index contributed by atoms with van der Waals surface area (Å²) in [6.07, 6.45) is 0.940. The highest BCUT2D eigenvalue weighted by atomic mass is 15.2. The van der Waals surface area contributed by atoms with E-state index >= 15 is 0 Å². The van der Waals surface area contributed by atoms with Crippen LogP contribution in [-0.4, -0.2) is 10.2 Å². The number of azide groups is 1. The Morgan fingerprint density at radius 1 is 1.38 bits per heavy atom. The Bertz CT molecular complexity index is 385. The van der Waals surface area contributed by atoms with Crippen LogP contribution in [0.1, 0.15) is 50.6 Å². The first kappa shape index (κ1) is 12.6. The van der Waals surface area contributed by atoms with Crippen LogP contribution in [0.25, 0.3) is 10.4 Å². The third kappa shape index (κ3) is 3.00. The van der Waals surface area contributed by atoms with Gasteiger partial charge in [-0.05, 0) is 23.8 Å². The van der Waals surface area contributed by atoms with Gasteiger partial charge >= 0.3 is 0 Å². The zero-order valence-corrected chi connectivity index (χ0v) is 10.4. The van der Waals surface area contributed by atoms with Crippen molar-refractivity contribution in [3.05, 3.63) is 27.4 Å². The molecule has 0 aliphatic rings. The Balaban J connectivity index is 3.03. The summed E-state index contributed by atoms with van der Waals surface area (Å²) in [4.78, 5) is 2.81. The molecular formula is C11H19N5. The van der Waals surface area contributed by atoms with E-state index in [1.54, 1.807) is 0 Å². The summed E-state index contributed by atoms with van der Waals surface area (Å²) in [5.74, 6) is 0.909. The van der Waals surface area contributed by atoms with E-state index in [1.807, 2.05) is 0 Å². The molecule has 0 fully saturated rings. The van der Waals surface area contributed by atoms with Crippen LogP contribution in [0.4, 0.5) is 0 Å². The van der Waals surface area contributed by atoms with E-state index in [1.165, 1.54) is 0 Å². The molecule has 0 bridgehead atoms. The van der Waals surface area contributed by atoms with Crippen LogP contribution in [0.15, 0.2) is 5.11 Å². The molecule has 1 N–H and O–H groups in total. The highest BCUT2D eigenvalue weighted by Crippen LogP contribution is 2.22. The number of H-pyrrole nitrogens is 1. The predicted octanol–water partition coefficient (Wildman–Crippen LogP) is 3.54. The molecule has 16 heavy (non-hydrogen) atoms. The molecule has 88 valence electrons. The minimum atomic E-state index is 0.348. The van der Waals surface area contributed by atoms with Crippen LogP contribution >= 0.6 is 0 Å². The maximum atomic E-state index is 8.40. The first-order chi connectivity index (χ1) is 7.56. The summed E-state index contributed by atoms with van der Waals surface area (Å²) in [5.41, 5.74) is 11.6. The first-order valence-corrected chi connectivity index (χ1v) is 5.63. The number of hydrogen-bond donors (Lipinski definition) is 1. The van der Waals surface area contributed by atoms with Crippen molar-refractivity contribution in [3.8, 4) is 0 Å². The second-order valence-corrected chi connectivity index (χ2v) is 4.71. The van der Waals surface area contributed by atoms with Gasteiger partial charge in [-0.15, -0.1) is 0 Å². The first-order valence-electron chi connectivity index (χ1n) is 5.63. The molecule has 0 radical (unpaired) electrons. The zero-order valence-electron chi connectivity index (χ0n) is 10.4. The van der Waals surface area contributed by atoms with Crippen LogP contribution in [0, 0.1) is 5.92 Å². The van der Waals surface area contributed by atoms with Gasteiger partial charge in [0.1, 0.15) is 0 Å². The zero-order chi connectivity index (χ0) is 12.1. The van der Waals surface area contributed by atoms with Gasteiger partial charge in [-0.25, -0.2) is 0 Å². The summed E-state index contributed by atoms with van der Waals surface area (Å²) in [6, 6.07) is 0. The number of hydrogen-bond acceptors (Lipinski definition) is 2. The fourth-order valence-electron chi connectivity index (χ4n) is 1.75. The topological polar surface area (TPSA) is 77.4 Å². The molecule has 0 amide bonds. The molecule has 0 saturated carbocycles. The van der Waals surface area contributed by atoms with Crippen molar-refractivity contribution in [2.24, 2.45) is 11.0 Å². The van der Waals surface area contributed by atoms with Crippen LogP contribution in [0.5, 0.6) is 0 Å². The van der Waals surface area contributed by atoms with Crippen molar-refractivity contribution < 1.29 is 0 Å². The van der Waals surface area contributed by atoms with Gasteiger partial charge in [0.2, 0.25) is 0 Å². The maximum absolute atomic E-state index is 8.40. The van der Waals surface area contributed by atoms with Gasteiger partial charge in [-0.1, -0.05) is 32.8 Å². The summed E-state index contributed by atoms with van der Waals surface area (Å²) in [6.45, 7) is 8.90. The minimum absolute atomic E-state index is 0.348. The van der Waals surface area contributed by atoms with Crippen molar-refractivity contribution in [1.29, 1.82) is 0 Å². The summed E-state index contributed by atoms with van der Waals surface area (Å²) in [7, 11) is 0. The molecular weight excluding hydrogens is 202 g/mol. The third-order valence-electron chi connectivity index (χ3n) is 2.44. The molecule has 0 aromatic carbocycles. The lowest BCUT2D eigenvalue weighted by molar-refractivity contribution is 0.629. The second kappa shape index (κ2) is 5.56. The number of nitrogens with one attached hydrogen (secondary N) is 1. The van der Waals surface area contributed by atoms with E-state index in [4.69, 9.17) is 5.53 Å². The Morgan fingerprint density at radius 2 is 2.06 bits per heavy atom. The molecule has 1 heterocycles. The van der Waals surface area contributed by atoms with Gasteiger partial charge in [-0.2, -0.15) is 5.10 Å². The van der Waals surface area contributed by atoms with Crippen molar-refractivity contribution in [2.75, 3.05) is 0 Å². The molecule has 0 spiro atoms. The summed E-state index contributed by atoms with van der Waals surface area (Å²) >= 11 is 0. The largest absolute Gasteiger partial charge is 0.282 e. The number of rotatable bonds is 5. The molecule has 1 rings (SSSR count). The van der Waals surface area contributed by atoms with E-state index in [0.29, 0.717) is 18.4 Å². The molecule has 5 nitrogen and oxygen atoms in total. The fourth-order valence-corrected chi connectivity index (χ4v) is 1.75. The monoisotopic (exact) mass is 221 g/mol. The van der Waals surface area contributed by atoms with E-state index in [9.17, 15) is 0 Å². The predicted molar refractivity (Wildman–Crippen MR) is 64.1 cm³/mol. The molecule has 0 saturated heterocycles. The smallest absolute Gasteiger partial charge is 0.0683 e. The maximum Gasteiger partial charge on any atom is 0.0683 e. The van der Waals surface area contributed by atoms with Gasteiger partial charge in [0.15, 0.2) is 0 Å². The molecule has 5 heteroatoms. The molecule has 0 unspecified atom stereocenters. The SMILES string of the molecule is CC(C)Cc1[nH]nc(C(C)C)c1CN=[N+]=[N-]. The van der Waals surface area contributed by atoms with Crippen LogP contribution < -0.4 is 0 Å². The fraction of sp³-hybridized carbons (Fsp3) is 0.727. The quantitative estimate of drug-likeness (QED) is 0.460. The van der Waals surface area contributed by atoms with E-state index in [0.717, 1.165) is 23.4 Å². The molecule has 0 atom stereocenters. The molecule has 1 aromatic rings. The normalized spacial score (nSPS) is 10.9. The van der Waals surface area contributed by atoms with E-state index in [2.05, 4.69) is 47.9 Å². The molecule has 0 aliphatic carbocycles. The second-order valence-electron chi connectivity index (χ2n) is 4.71. The van der Waals surface area contributed by atoms with Gasteiger partial charge in [0.25, 0.3) is 0 Å².